The summed E-state index contributed by atoms with van der Waals surface area (Å²) in [6.45, 7) is 1.18. The molecule has 1 aliphatic rings. The molecular weight excluding hydrogens is 302 g/mol. The molecule has 2 rings (SSSR count). The van der Waals surface area contributed by atoms with E-state index in [-0.39, 0.29) is 32.1 Å². The predicted octanol–water partition coefficient (Wildman–Crippen LogP) is 0.735. The second kappa shape index (κ2) is 8.02. The molecule has 1 aromatic rings. The standard InChI is InChI=1S/C15H19N3O5/c19-13(17-6-8-18(9-7-17)15(21)22)10-16-14(20)23-11-12-4-2-1-3-5-12/h1-5H,6-11H2,(H,16,20)(H,21,22). The smallest absolute Gasteiger partial charge is 0.407 e. The van der Waals surface area contributed by atoms with Gasteiger partial charge in [-0.05, 0) is 5.56 Å². The van der Waals surface area contributed by atoms with Gasteiger partial charge in [0.25, 0.3) is 0 Å². The maximum atomic E-state index is 11.9. The highest BCUT2D eigenvalue weighted by atomic mass is 16.5. The molecule has 1 fully saturated rings. The van der Waals surface area contributed by atoms with E-state index in [1.807, 2.05) is 30.3 Å². The quantitative estimate of drug-likeness (QED) is 0.852. The normalized spacial score (nSPS) is 14.3. The van der Waals surface area contributed by atoms with Crippen molar-refractivity contribution >= 4 is 18.1 Å². The first-order chi connectivity index (χ1) is 11.1. The molecule has 0 atom stereocenters. The van der Waals surface area contributed by atoms with Crippen LogP contribution in [0.25, 0.3) is 0 Å². The highest BCUT2D eigenvalue weighted by Crippen LogP contribution is 2.03. The third-order valence-corrected chi connectivity index (χ3v) is 3.50. The van der Waals surface area contributed by atoms with E-state index in [4.69, 9.17) is 9.84 Å². The van der Waals surface area contributed by atoms with E-state index in [0.29, 0.717) is 13.1 Å². The summed E-state index contributed by atoms with van der Waals surface area (Å²) in [5, 5.41) is 11.2. The van der Waals surface area contributed by atoms with Gasteiger partial charge in [0.1, 0.15) is 13.2 Å². The SMILES string of the molecule is O=C(NCC(=O)N1CCN(C(=O)O)CC1)OCc1ccccc1. The Kier molecular flexibility index (Phi) is 5.79. The van der Waals surface area contributed by atoms with E-state index in [2.05, 4.69) is 5.32 Å². The number of hydrogen-bond acceptors (Lipinski definition) is 4. The summed E-state index contributed by atoms with van der Waals surface area (Å²) in [6, 6.07) is 9.22. The lowest BCUT2D eigenvalue weighted by Crippen LogP contribution is -2.52. The summed E-state index contributed by atoms with van der Waals surface area (Å²) in [5.41, 5.74) is 0.860. The number of piperazine rings is 1. The van der Waals surface area contributed by atoms with Gasteiger partial charge in [-0.25, -0.2) is 9.59 Å². The zero-order chi connectivity index (χ0) is 16.7. The van der Waals surface area contributed by atoms with Crippen LogP contribution in [0.1, 0.15) is 5.56 Å². The Balaban J connectivity index is 1.66. The number of benzene rings is 1. The van der Waals surface area contributed by atoms with E-state index < -0.39 is 12.2 Å². The van der Waals surface area contributed by atoms with Gasteiger partial charge < -0.3 is 25.0 Å². The zero-order valence-electron chi connectivity index (χ0n) is 12.6. The maximum Gasteiger partial charge on any atom is 0.407 e. The fraction of sp³-hybridized carbons (Fsp3) is 0.400. The van der Waals surface area contributed by atoms with Crippen molar-refractivity contribution in [2.45, 2.75) is 6.61 Å². The lowest BCUT2D eigenvalue weighted by molar-refractivity contribution is -0.131. The van der Waals surface area contributed by atoms with Crippen molar-refractivity contribution in [3.63, 3.8) is 0 Å². The van der Waals surface area contributed by atoms with Crippen LogP contribution in [0.3, 0.4) is 0 Å². The van der Waals surface area contributed by atoms with Crippen molar-refractivity contribution in [1.29, 1.82) is 0 Å². The first-order valence-electron chi connectivity index (χ1n) is 7.26. The molecule has 0 unspecified atom stereocenters. The Hall–Kier alpha value is -2.77. The van der Waals surface area contributed by atoms with Crippen molar-refractivity contribution in [1.82, 2.24) is 15.1 Å². The average molecular weight is 321 g/mol. The molecule has 8 nitrogen and oxygen atoms in total. The van der Waals surface area contributed by atoms with Gasteiger partial charge in [0.2, 0.25) is 5.91 Å². The minimum atomic E-state index is -0.986. The number of alkyl carbamates (subject to hydrolysis) is 1. The number of amides is 3. The second-order valence-electron chi connectivity index (χ2n) is 5.07. The highest BCUT2D eigenvalue weighted by molar-refractivity contribution is 5.82. The van der Waals surface area contributed by atoms with Crippen LogP contribution >= 0.6 is 0 Å². The van der Waals surface area contributed by atoms with Gasteiger partial charge in [0.05, 0.1) is 0 Å². The predicted molar refractivity (Wildman–Crippen MR) is 80.8 cm³/mol. The van der Waals surface area contributed by atoms with Gasteiger partial charge in [-0.2, -0.15) is 0 Å². The molecule has 3 amide bonds. The molecule has 0 spiro atoms. The van der Waals surface area contributed by atoms with Crippen molar-refractivity contribution in [2.24, 2.45) is 0 Å². The number of carbonyl (C=O) groups is 3. The largest absolute Gasteiger partial charge is 0.465 e. The first kappa shape index (κ1) is 16.6. The minimum Gasteiger partial charge on any atom is -0.465 e. The molecule has 1 heterocycles. The Bertz CT molecular complexity index is 555. The third kappa shape index (κ3) is 5.17. The summed E-state index contributed by atoms with van der Waals surface area (Å²) in [5.74, 6) is -0.258. The highest BCUT2D eigenvalue weighted by Gasteiger charge is 2.23. The number of carbonyl (C=O) groups excluding carboxylic acids is 2. The van der Waals surface area contributed by atoms with E-state index in [1.165, 1.54) is 9.80 Å². The van der Waals surface area contributed by atoms with Crippen LogP contribution < -0.4 is 5.32 Å². The molecular formula is C15H19N3O5. The van der Waals surface area contributed by atoms with Crippen LogP contribution in [-0.4, -0.2) is 65.7 Å². The Morgan fingerprint density at radius 2 is 1.65 bits per heavy atom. The Labute approximate surface area is 133 Å². The van der Waals surface area contributed by atoms with Gasteiger partial charge >= 0.3 is 12.2 Å². The first-order valence-corrected chi connectivity index (χ1v) is 7.26. The number of rotatable bonds is 4. The molecule has 2 N–H and O–H groups in total. The fourth-order valence-corrected chi connectivity index (χ4v) is 2.18. The molecule has 124 valence electrons. The van der Waals surface area contributed by atoms with Gasteiger partial charge in [-0.1, -0.05) is 30.3 Å². The number of hydrogen-bond donors (Lipinski definition) is 2. The molecule has 1 aliphatic heterocycles. The van der Waals surface area contributed by atoms with E-state index in [9.17, 15) is 14.4 Å². The molecule has 0 saturated carbocycles. The van der Waals surface area contributed by atoms with E-state index >= 15 is 0 Å². The van der Waals surface area contributed by atoms with Crippen LogP contribution in [0.4, 0.5) is 9.59 Å². The van der Waals surface area contributed by atoms with E-state index in [0.717, 1.165) is 5.56 Å². The number of ether oxygens (including phenoxy) is 1. The number of nitrogens with one attached hydrogen (secondary N) is 1. The minimum absolute atomic E-state index is 0.137. The van der Waals surface area contributed by atoms with Crippen LogP contribution in [0.15, 0.2) is 30.3 Å². The number of nitrogens with zero attached hydrogens (tertiary/aromatic N) is 2. The summed E-state index contributed by atoms with van der Waals surface area (Å²) in [6.07, 6.45) is -1.65. The molecule has 0 aliphatic carbocycles. The molecule has 1 saturated heterocycles. The van der Waals surface area contributed by atoms with Crippen molar-refractivity contribution in [3.05, 3.63) is 35.9 Å². The number of carboxylic acid groups (broad SMARTS) is 1. The molecule has 0 aromatic heterocycles. The lowest BCUT2D eigenvalue weighted by atomic mass is 10.2. The monoisotopic (exact) mass is 321 g/mol. The van der Waals surface area contributed by atoms with Crippen LogP contribution in [-0.2, 0) is 16.1 Å². The Morgan fingerprint density at radius 1 is 1.04 bits per heavy atom. The van der Waals surface area contributed by atoms with Crippen LogP contribution in [0.2, 0.25) is 0 Å². The maximum absolute atomic E-state index is 11.9. The molecule has 0 radical (unpaired) electrons. The van der Waals surface area contributed by atoms with Gasteiger partial charge in [0, 0.05) is 26.2 Å². The third-order valence-electron chi connectivity index (χ3n) is 3.50. The topological polar surface area (TPSA) is 99.2 Å². The van der Waals surface area contributed by atoms with E-state index in [1.54, 1.807) is 0 Å². The summed E-state index contributed by atoms with van der Waals surface area (Å²) in [4.78, 5) is 37.1. The average Bonchev–Trinajstić information content (AvgIpc) is 2.58. The summed E-state index contributed by atoms with van der Waals surface area (Å²) >= 11 is 0. The molecule has 8 heteroatoms. The zero-order valence-corrected chi connectivity index (χ0v) is 12.6. The summed E-state index contributed by atoms with van der Waals surface area (Å²) in [7, 11) is 0. The van der Waals surface area contributed by atoms with Gasteiger partial charge in [-0.15, -0.1) is 0 Å². The van der Waals surface area contributed by atoms with Crippen molar-refractivity contribution in [2.75, 3.05) is 32.7 Å². The van der Waals surface area contributed by atoms with Crippen LogP contribution in [0, 0.1) is 0 Å². The lowest BCUT2D eigenvalue weighted by Gasteiger charge is -2.33. The molecule has 23 heavy (non-hydrogen) atoms. The van der Waals surface area contributed by atoms with Crippen molar-refractivity contribution < 1.29 is 24.2 Å². The van der Waals surface area contributed by atoms with Crippen LogP contribution in [0.5, 0.6) is 0 Å². The van der Waals surface area contributed by atoms with Crippen molar-refractivity contribution in [3.8, 4) is 0 Å². The van der Waals surface area contributed by atoms with Gasteiger partial charge in [0.15, 0.2) is 0 Å². The second-order valence-corrected chi connectivity index (χ2v) is 5.07. The molecule has 1 aromatic carbocycles. The van der Waals surface area contributed by atoms with Gasteiger partial charge in [-0.3, -0.25) is 4.79 Å². The molecule has 0 bridgehead atoms. The fourth-order valence-electron chi connectivity index (χ4n) is 2.18. The Morgan fingerprint density at radius 3 is 2.26 bits per heavy atom. The summed E-state index contributed by atoms with van der Waals surface area (Å²) < 4.78 is 5.01.